The van der Waals surface area contributed by atoms with Crippen LogP contribution in [0.25, 0.3) is 0 Å². The molecule has 1 aromatic rings. The van der Waals surface area contributed by atoms with Gasteiger partial charge in [-0.25, -0.2) is 0 Å². The normalized spacial score (nSPS) is 19.2. The second-order valence-electron chi connectivity index (χ2n) is 5.75. The number of aromatic nitrogens is 2. The maximum atomic E-state index is 6.35. The third kappa shape index (κ3) is 3.01. The Morgan fingerprint density at radius 3 is 2.60 bits per heavy atom. The third-order valence-electron chi connectivity index (χ3n) is 4.15. The predicted octanol–water partition coefficient (Wildman–Crippen LogP) is 1.83. The average molecular weight is 301 g/mol. The van der Waals surface area contributed by atoms with Crippen molar-refractivity contribution in [1.29, 1.82) is 0 Å². The highest BCUT2D eigenvalue weighted by Gasteiger charge is 2.39. The second kappa shape index (κ2) is 6.43. The van der Waals surface area contributed by atoms with E-state index in [0.717, 1.165) is 43.6 Å². The number of ether oxygens (including phenoxy) is 1. The fourth-order valence-corrected chi connectivity index (χ4v) is 3.23. The van der Waals surface area contributed by atoms with E-state index in [-0.39, 0.29) is 11.6 Å². The predicted molar refractivity (Wildman–Crippen MR) is 81.1 cm³/mol. The summed E-state index contributed by atoms with van der Waals surface area (Å²) >= 11 is 6.35. The molecule has 0 saturated carbocycles. The number of rotatable bonds is 5. The molecule has 5 nitrogen and oxygen atoms in total. The van der Waals surface area contributed by atoms with Crippen LogP contribution in [0.1, 0.15) is 32.5 Å². The van der Waals surface area contributed by atoms with Gasteiger partial charge in [0.15, 0.2) is 0 Å². The van der Waals surface area contributed by atoms with Crippen LogP contribution in [0.15, 0.2) is 6.20 Å². The van der Waals surface area contributed by atoms with Gasteiger partial charge in [0, 0.05) is 25.7 Å². The number of nitrogens with zero attached hydrogens (tertiary/aromatic N) is 3. The van der Waals surface area contributed by atoms with E-state index >= 15 is 0 Å². The van der Waals surface area contributed by atoms with Gasteiger partial charge in [-0.3, -0.25) is 9.58 Å². The molecule has 0 radical (unpaired) electrons. The van der Waals surface area contributed by atoms with Gasteiger partial charge < -0.3 is 10.1 Å². The van der Waals surface area contributed by atoms with Crippen molar-refractivity contribution in [1.82, 2.24) is 20.0 Å². The lowest BCUT2D eigenvalue weighted by molar-refractivity contribution is -0.0245. The molecule has 1 aliphatic heterocycles. The summed E-state index contributed by atoms with van der Waals surface area (Å²) in [6.07, 6.45) is 1.72. The minimum atomic E-state index is -0.0583. The van der Waals surface area contributed by atoms with Gasteiger partial charge in [0.05, 0.1) is 36.2 Å². The van der Waals surface area contributed by atoms with E-state index in [9.17, 15) is 0 Å². The second-order valence-corrected chi connectivity index (χ2v) is 6.15. The molecule has 1 atom stereocenters. The molecule has 20 heavy (non-hydrogen) atoms. The topological polar surface area (TPSA) is 42.3 Å². The van der Waals surface area contributed by atoms with Gasteiger partial charge in [-0.15, -0.1) is 0 Å². The average Bonchev–Trinajstić information content (AvgIpc) is 2.76. The van der Waals surface area contributed by atoms with E-state index in [2.05, 4.69) is 36.1 Å². The molecule has 1 unspecified atom stereocenters. The Kier molecular flexibility index (Phi) is 5.07. The molecule has 1 N–H and O–H groups in total. The maximum absolute atomic E-state index is 6.35. The molecule has 0 aromatic carbocycles. The standard InChI is InChI=1S/C14H25ClN4O/c1-5-16-13(12-11(15)10-17-18(12)4)14(2,3)19-6-8-20-9-7-19/h10,13,16H,5-9H2,1-4H3. The molecule has 1 aromatic heterocycles. The van der Waals surface area contributed by atoms with Crippen molar-refractivity contribution in [2.75, 3.05) is 32.8 Å². The van der Waals surface area contributed by atoms with E-state index in [0.29, 0.717) is 0 Å². The zero-order chi connectivity index (χ0) is 14.8. The first-order valence-corrected chi connectivity index (χ1v) is 7.59. The molecule has 1 aliphatic rings. The highest BCUT2D eigenvalue weighted by molar-refractivity contribution is 6.31. The molecule has 1 saturated heterocycles. The fraction of sp³-hybridized carbons (Fsp3) is 0.786. The molecule has 2 rings (SSSR count). The monoisotopic (exact) mass is 300 g/mol. The molecule has 114 valence electrons. The number of morpholine rings is 1. The van der Waals surface area contributed by atoms with Crippen LogP contribution < -0.4 is 5.32 Å². The first-order chi connectivity index (χ1) is 9.48. The minimum Gasteiger partial charge on any atom is -0.379 e. The Bertz CT molecular complexity index is 421. The van der Waals surface area contributed by atoms with Crippen LogP contribution in [0.5, 0.6) is 0 Å². The number of aryl methyl sites for hydroxylation is 1. The molecule has 0 bridgehead atoms. The van der Waals surface area contributed by atoms with Crippen molar-refractivity contribution in [2.24, 2.45) is 7.05 Å². The molecule has 0 aliphatic carbocycles. The lowest BCUT2D eigenvalue weighted by Crippen LogP contribution is -2.56. The molecule has 0 spiro atoms. The van der Waals surface area contributed by atoms with Crippen molar-refractivity contribution >= 4 is 11.6 Å². The van der Waals surface area contributed by atoms with Crippen LogP contribution in [-0.4, -0.2) is 53.1 Å². The summed E-state index contributed by atoms with van der Waals surface area (Å²) in [7, 11) is 1.95. The first-order valence-electron chi connectivity index (χ1n) is 7.22. The highest BCUT2D eigenvalue weighted by atomic mass is 35.5. The van der Waals surface area contributed by atoms with Gasteiger partial charge in [-0.2, -0.15) is 5.10 Å². The zero-order valence-electron chi connectivity index (χ0n) is 12.8. The van der Waals surface area contributed by atoms with E-state index in [1.807, 2.05) is 11.7 Å². The summed E-state index contributed by atoms with van der Waals surface area (Å²) in [6, 6.07) is 0.130. The molecule has 6 heteroatoms. The highest BCUT2D eigenvalue weighted by Crippen LogP contribution is 2.34. The Balaban J connectivity index is 2.31. The van der Waals surface area contributed by atoms with Crippen LogP contribution in [0.4, 0.5) is 0 Å². The Labute approximate surface area is 126 Å². The number of hydrogen-bond donors (Lipinski definition) is 1. The first kappa shape index (κ1) is 15.8. The van der Waals surface area contributed by atoms with Crippen LogP contribution in [0.2, 0.25) is 5.02 Å². The van der Waals surface area contributed by atoms with Crippen molar-refractivity contribution in [3.05, 3.63) is 16.9 Å². The van der Waals surface area contributed by atoms with Crippen LogP contribution in [-0.2, 0) is 11.8 Å². The van der Waals surface area contributed by atoms with Gasteiger partial charge in [0.2, 0.25) is 0 Å². The molecule has 0 amide bonds. The number of hydrogen-bond acceptors (Lipinski definition) is 4. The van der Waals surface area contributed by atoms with Gasteiger partial charge in [-0.05, 0) is 20.4 Å². The zero-order valence-corrected chi connectivity index (χ0v) is 13.6. The summed E-state index contributed by atoms with van der Waals surface area (Å²) in [5.74, 6) is 0. The minimum absolute atomic E-state index is 0.0583. The number of halogens is 1. The van der Waals surface area contributed by atoms with Crippen molar-refractivity contribution < 1.29 is 4.74 Å². The lowest BCUT2D eigenvalue weighted by Gasteiger charge is -2.46. The summed E-state index contributed by atoms with van der Waals surface area (Å²) < 4.78 is 7.34. The van der Waals surface area contributed by atoms with Gasteiger partial charge in [0.1, 0.15) is 0 Å². The fourth-order valence-electron chi connectivity index (χ4n) is 2.95. The molecular formula is C14H25ClN4O. The summed E-state index contributed by atoms with van der Waals surface area (Å²) in [4.78, 5) is 2.47. The third-order valence-corrected chi connectivity index (χ3v) is 4.44. The largest absolute Gasteiger partial charge is 0.379 e. The molecular weight excluding hydrogens is 276 g/mol. The number of likely N-dealkylation sites (N-methyl/N-ethyl adjacent to an activating group) is 1. The Hall–Kier alpha value is -0.620. The van der Waals surface area contributed by atoms with E-state index < -0.39 is 0 Å². The van der Waals surface area contributed by atoms with Crippen LogP contribution >= 0.6 is 11.6 Å². The van der Waals surface area contributed by atoms with Crippen LogP contribution in [0.3, 0.4) is 0 Å². The summed E-state index contributed by atoms with van der Waals surface area (Å²) in [5, 5.41) is 8.58. The summed E-state index contributed by atoms with van der Waals surface area (Å²) in [6.45, 7) is 11.0. The van der Waals surface area contributed by atoms with E-state index in [1.165, 1.54) is 0 Å². The van der Waals surface area contributed by atoms with Crippen molar-refractivity contribution in [3.8, 4) is 0 Å². The summed E-state index contributed by atoms with van der Waals surface area (Å²) in [5.41, 5.74) is 0.988. The smallest absolute Gasteiger partial charge is 0.0834 e. The number of nitrogens with one attached hydrogen (secondary N) is 1. The van der Waals surface area contributed by atoms with Gasteiger partial charge in [-0.1, -0.05) is 18.5 Å². The SMILES string of the molecule is CCNC(c1c(Cl)cnn1C)C(C)(C)N1CCOCC1. The quantitative estimate of drug-likeness (QED) is 0.901. The van der Waals surface area contributed by atoms with Gasteiger partial charge in [0.25, 0.3) is 0 Å². The van der Waals surface area contributed by atoms with E-state index in [1.54, 1.807) is 6.20 Å². The van der Waals surface area contributed by atoms with Crippen molar-refractivity contribution in [2.45, 2.75) is 32.4 Å². The maximum Gasteiger partial charge on any atom is 0.0834 e. The van der Waals surface area contributed by atoms with Crippen LogP contribution in [0, 0.1) is 0 Å². The lowest BCUT2D eigenvalue weighted by atomic mass is 9.89. The van der Waals surface area contributed by atoms with Gasteiger partial charge >= 0.3 is 0 Å². The Morgan fingerprint density at radius 1 is 1.45 bits per heavy atom. The molecule has 2 heterocycles. The van der Waals surface area contributed by atoms with E-state index in [4.69, 9.17) is 16.3 Å². The molecule has 1 fully saturated rings. The van der Waals surface area contributed by atoms with Crippen molar-refractivity contribution in [3.63, 3.8) is 0 Å². The Morgan fingerprint density at radius 2 is 2.10 bits per heavy atom.